The zero-order chi connectivity index (χ0) is 30.2. The Morgan fingerprint density at radius 2 is 1.15 bits per heavy atom. The zero-order valence-electron chi connectivity index (χ0n) is 25.5. The maximum absolute atomic E-state index is 11.5. The molecule has 10 heteroatoms. The van der Waals surface area contributed by atoms with Crippen LogP contribution in [0.15, 0.2) is 0 Å². The van der Waals surface area contributed by atoms with Crippen molar-refractivity contribution in [3.63, 3.8) is 0 Å². The van der Waals surface area contributed by atoms with Gasteiger partial charge in [-0.25, -0.2) is 0 Å². The van der Waals surface area contributed by atoms with Gasteiger partial charge in [0.1, 0.15) is 0 Å². The Bertz CT molecular complexity index is 756. The van der Waals surface area contributed by atoms with Crippen molar-refractivity contribution < 1.29 is 28.8 Å². The number of carbonyl (C=O) groups excluding carboxylic acids is 6. The lowest BCUT2D eigenvalue weighted by molar-refractivity contribution is -0.136. The summed E-state index contributed by atoms with van der Waals surface area (Å²) in [5, 5.41) is 4.65. The van der Waals surface area contributed by atoms with Crippen molar-refractivity contribution >= 4 is 35.4 Å². The third-order valence-electron chi connectivity index (χ3n) is 6.14. The quantitative estimate of drug-likeness (QED) is 0.351. The minimum Gasteiger partial charge on any atom is -0.333 e. The van der Waals surface area contributed by atoms with Crippen molar-refractivity contribution in [2.24, 2.45) is 5.92 Å². The molecule has 6 amide bonds. The van der Waals surface area contributed by atoms with Crippen LogP contribution < -0.4 is 10.6 Å². The molecule has 226 valence electrons. The highest BCUT2D eigenvalue weighted by Gasteiger charge is 2.24. The third kappa shape index (κ3) is 19.0. The lowest BCUT2D eigenvalue weighted by atomic mass is 10.0. The topological polar surface area (TPSA) is 133 Å². The van der Waals surface area contributed by atoms with Crippen molar-refractivity contribution in [2.45, 2.75) is 119 Å². The van der Waals surface area contributed by atoms with E-state index in [1.54, 1.807) is 0 Å². The Morgan fingerprint density at radius 3 is 1.51 bits per heavy atom. The molecular weight excluding hydrogens is 500 g/mol. The molecule has 1 unspecified atom stereocenters. The molecule has 10 nitrogen and oxygen atoms in total. The lowest BCUT2D eigenvalue weighted by Gasteiger charge is -2.14. The van der Waals surface area contributed by atoms with Crippen molar-refractivity contribution in [2.75, 3.05) is 26.2 Å². The van der Waals surface area contributed by atoms with E-state index in [0.717, 1.165) is 44.9 Å². The molecule has 0 aromatic rings. The van der Waals surface area contributed by atoms with Crippen LogP contribution in [0.1, 0.15) is 119 Å². The molecule has 2 saturated heterocycles. The van der Waals surface area contributed by atoms with Gasteiger partial charge in [0.15, 0.2) is 0 Å². The average Bonchev–Trinajstić information content (AvgIpc) is 3.52. The molecule has 0 spiro atoms. The summed E-state index contributed by atoms with van der Waals surface area (Å²) in [4.78, 5) is 71.4. The first-order valence-electron chi connectivity index (χ1n) is 14.9. The Hall–Kier alpha value is -2.78. The molecule has 0 aromatic carbocycles. The second-order valence-electron chi connectivity index (χ2n) is 9.29. The Morgan fingerprint density at radius 1 is 0.718 bits per heavy atom. The van der Waals surface area contributed by atoms with E-state index in [1.807, 2.05) is 27.7 Å². The van der Waals surface area contributed by atoms with Crippen LogP contribution in [0, 0.1) is 5.92 Å². The van der Waals surface area contributed by atoms with E-state index < -0.39 is 0 Å². The smallest absolute Gasteiger partial charge is 0.246 e. The second-order valence-corrected chi connectivity index (χ2v) is 9.29. The molecule has 2 aliphatic rings. The van der Waals surface area contributed by atoms with Gasteiger partial charge in [0, 0.05) is 38.8 Å². The number of nitrogens with one attached hydrogen (secondary N) is 2. The standard InChI is InChI=1S/C13H22N2O3.C12H20N2O3.2C2H6/c1-3-10(2)6-7-11(16)14-12(17)9-15-8-4-5-13(15)18;1-2-3-4-6-10(15)13-11(16)9-14-8-5-7-12(14)17;2*1-2/h10H,3-9H2,1-2H3,(H,14,16,17);2-9H2,1H3,(H,13,15,16);2*1-2H3. The third-order valence-corrected chi connectivity index (χ3v) is 6.14. The average molecular weight is 555 g/mol. The van der Waals surface area contributed by atoms with E-state index in [9.17, 15) is 28.8 Å². The van der Waals surface area contributed by atoms with Crippen LogP contribution in [0.25, 0.3) is 0 Å². The SMILES string of the molecule is CC.CC.CCC(C)CCC(=O)NC(=O)CN1CCCC1=O.CCCCCC(=O)NC(=O)CN1CCCC1=O. The Balaban J connectivity index is 0. The van der Waals surface area contributed by atoms with Crippen LogP contribution in [-0.2, 0) is 28.8 Å². The van der Waals surface area contributed by atoms with Crippen LogP contribution in [0.4, 0.5) is 0 Å². The highest BCUT2D eigenvalue weighted by atomic mass is 16.2. The summed E-state index contributed by atoms with van der Waals surface area (Å²) in [5.74, 6) is -0.745. The number of rotatable bonds is 12. The van der Waals surface area contributed by atoms with Gasteiger partial charge in [-0.05, 0) is 31.6 Å². The van der Waals surface area contributed by atoms with E-state index in [4.69, 9.17) is 0 Å². The number of nitrogens with zero attached hydrogens (tertiary/aromatic N) is 2. The molecule has 0 aromatic heterocycles. The van der Waals surface area contributed by atoms with Gasteiger partial charge >= 0.3 is 0 Å². The molecule has 39 heavy (non-hydrogen) atoms. The van der Waals surface area contributed by atoms with Crippen LogP contribution in [0.5, 0.6) is 0 Å². The molecule has 2 fully saturated rings. The van der Waals surface area contributed by atoms with Crippen LogP contribution in [0.2, 0.25) is 0 Å². The molecule has 0 radical (unpaired) electrons. The van der Waals surface area contributed by atoms with E-state index >= 15 is 0 Å². The molecule has 0 aliphatic carbocycles. The first-order valence-corrected chi connectivity index (χ1v) is 14.9. The van der Waals surface area contributed by atoms with Crippen molar-refractivity contribution in [3.05, 3.63) is 0 Å². The van der Waals surface area contributed by atoms with Crippen LogP contribution >= 0.6 is 0 Å². The highest BCUT2D eigenvalue weighted by molar-refractivity contribution is 5.98. The van der Waals surface area contributed by atoms with E-state index in [2.05, 4.69) is 31.4 Å². The van der Waals surface area contributed by atoms with Gasteiger partial charge in [0.2, 0.25) is 35.4 Å². The normalized spacial score (nSPS) is 14.6. The van der Waals surface area contributed by atoms with E-state index in [1.165, 1.54) is 9.80 Å². The molecular formula is C29H54N4O6. The van der Waals surface area contributed by atoms with Crippen molar-refractivity contribution in [3.8, 4) is 0 Å². The predicted octanol–water partition coefficient (Wildman–Crippen LogP) is 3.96. The van der Waals surface area contributed by atoms with Crippen LogP contribution in [-0.4, -0.2) is 71.4 Å². The molecule has 2 aliphatic heterocycles. The number of unbranched alkanes of at least 4 members (excludes halogenated alkanes) is 2. The number of likely N-dealkylation sites (tertiary alicyclic amines) is 2. The highest BCUT2D eigenvalue weighted by Crippen LogP contribution is 2.10. The Labute approximate surface area is 236 Å². The monoisotopic (exact) mass is 554 g/mol. The number of hydrogen-bond acceptors (Lipinski definition) is 6. The molecule has 2 heterocycles. The van der Waals surface area contributed by atoms with E-state index in [-0.39, 0.29) is 48.5 Å². The number of hydrogen-bond donors (Lipinski definition) is 2. The van der Waals surface area contributed by atoms with Gasteiger partial charge < -0.3 is 9.80 Å². The summed E-state index contributed by atoms with van der Waals surface area (Å²) in [6.07, 6.45) is 8.04. The summed E-state index contributed by atoms with van der Waals surface area (Å²) in [5.41, 5.74) is 0. The van der Waals surface area contributed by atoms with E-state index in [0.29, 0.717) is 44.7 Å². The van der Waals surface area contributed by atoms with Crippen molar-refractivity contribution in [1.29, 1.82) is 0 Å². The van der Waals surface area contributed by atoms with Gasteiger partial charge in [0.05, 0.1) is 13.1 Å². The maximum atomic E-state index is 11.5. The maximum Gasteiger partial charge on any atom is 0.246 e. The summed E-state index contributed by atoms with van der Waals surface area (Å²) in [7, 11) is 0. The largest absolute Gasteiger partial charge is 0.333 e. The fraction of sp³-hybridized carbons (Fsp3) is 0.793. The van der Waals surface area contributed by atoms with Gasteiger partial charge in [-0.15, -0.1) is 0 Å². The van der Waals surface area contributed by atoms with Gasteiger partial charge in [0.25, 0.3) is 0 Å². The van der Waals surface area contributed by atoms with Gasteiger partial charge in [-0.1, -0.05) is 67.7 Å². The predicted molar refractivity (Wildman–Crippen MR) is 153 cm³/mol. The number of imide groups is 2. The molecule has 2 rings (SSSR count). The second kappa shape index (κ2) is 24.3. The van der Waals surface area contributed by atoms with Gasteiger partial charge in [-0.2, -0.15) is 0 Å². The number of carbonyl (C=O) groups is 6. The van der Waals surface area contributed by atoms with Gasteiger partial charge in [-0.3, -0.25) is 39.4 Å². The fourth-order valence-electron chi connectivity index (χ4n) is 3.72. The zero-order valence-corrected chi connectivity index (χ0v) is 25.5. The minimum atomic E-state index is -0.376. The summed E-state index contributed by atoms with van der Waals surface area (Å²) < 4.78 is 0. The molecule has 1 atom stereocenters. The van der Waals surface area contributed by atoms with Crippen LogP contribution in [0.3, 0.4) is 0 Å². The Kier molecular flexibility index (Phi) is 23.9. The fourth-order valence-corrected chi connectivity index (χ4v) is 3.72. The minimum absolute atomic E-state index is 0.00131. The molecule has 0 saturated carbocycles. The van der Waals surface area contributed by atoms with Crippen molar-refractivity contribution in [1.82, 2.24) is 20.4 Å². The number of amides is 6. The summed E-state index contributed by atoms with van der Waals surface area (Å²) in [6.45, 7) is 15.5. The molecule has 2 N–H and O–H groups in total. The summed E-state index contributed by atoms with van der Waals surface area (Å²) >= 11 is 0. The molecule has 0 bridgehead atoms. The lowest BCUT2D eigenvalue weighted by Crippen LogP contribution is -2.40. The summed E-state index contributed by atoms with van der Waals surface area (Å²) in [6, 6.07) is 0. The first kappa shape index (κ1) is 38.4. The first-order chi connectivity index (χ1) is 18.7.